The number of sulfonamides is 1. The first-order valence-electron chi connectivity index (χ1n) is 8.10. The van der Waals surface area contributed by atoms with Gasteiger partial charge in [-0.25, -0.2) is 21.6 Å². The summed E-state index contributed by atoms with van der Waals surface area (Å²) < 4.78 is 52.4. The molecule has 1 aromatic rings. The lowest BCUT2D eigenvalue weighted by Crippen LogP contribution is -2.44. The first-order chi connectivity index (χ1) is 11.1. The average molecular weight is 375 g/mol. The molecule has 6 nitrogen and oxygen atoms in total. The maximum atomic E-state index is 12.9. The second-order valence-electron chi connectivity index (χ2n) is 6.67. The second-order valence-corrected chi connectivity index (χ2v) is 10.3. The van der Waals surface area contributed by atoms with Gasteiger partial charge in [0, 0.05) is 12.3 Å². The summed E-state index contributed by atoms with van der Waals surface area (Å²) in [6.07, 6.45) is 4.77. The molecule has 1 saturated carbocycles. The topological polar surface area (TPSA) is 106 Å². The Kier molecular flexibility index (Phi) is 5.74. The van der Waals surface area contributed by atoms with E-state index in [-0.39, 0.29) is 27.3 Å². The molecule has 0 aliphatic heterocycles. The van der Waals surface area contributed by atoms with Gasteiger partial charge in [-0.2, -0.15) is 0 Å². The van der Waals surface area contributed by atoms with Crippen molar-refractivity contribution in [3.63, 3.8) is 0 Å². The number of benzene rings is 1. The molecule has 3 N–H and O–H groups in total. The van der Waals surface area contributed by atoms with Gasteiger partial charge < -0.3 is 5.73 Å². The zero-order chi connectivity index (χ0) is 18.1. The third kappa shape index (κ3) is 4.17. The maximum Gasteiger partial charge on any atom is 0.241 e. The monoisotopic (exact) mass is 374 g/mol. The van der Waals surface area contributed by atoms with Crippen LogP contribution in [-0.4, -0.2) is 35.7 Å². The van der Waals surface area contributed by atoms with Crippen LogP contribution in [0.4, 0.5) is 0 Å². The number of sulfone groups is 1. The molecule has 1 aliphatic carbocycles. The summed E-state index contributed by atoms with van der Waals surface area (Å²) in [4.78, 5) is 0.0890. The minimum Gasteiger partial charge on any atom is -0.330 e. The Morgan fingerprint density at radius 3 is 2.25 bits per heavy atom. The van der Waals surface area contributed by atoms with Crippen molar-refractivity contribution in [3.8, 4) is 0 Å². The van der Waals surface area contributed by atoms with Crippen LogP contribution in [0.3, 0.4) is 0 Å². The summed E-state index contributed by atoms with van der Waals surface area (Å²) in [7, 11) is -7.31. The third-order valence-corrected chi connectivity index (χ3v) is 7.50. The second kappa shape index (κ2) is 7.11. The lowest BCUT2D eigenvalue weighted by molar-refractivity contribution is 0.296. The van der Waals surface area contributed by atoms with Crippen molar-refractivity contribution in [1.82, 2.24) is 4.72 Å². The van der Waals surface area contributed by atoms with E-state index in [0.717, 1.165) is 31.9 Å². The SMILES string of the molecule is Cc1cc(S(C)(=O)=O)c(C)c(S(=O)(=O)N[C@@H]2CCCC[C@H]2CN)c1. The molecule has 2 rings (SSSR count). The molecule has 0 radical (unpaired) electrons. The van der Waals surface area contributed by atoms with Crippen LogP contribution in [0.2, 0.25) is 0 Å². The van der Waals surface area contributed by atoms with Gasteiger partial charge in [0.2, 0.25) is 10.0 Å². The Labute approximate surface area is 144 Å². The van der Waals surface area contributed by atoms with E-state index in [9.17, 15) is 16.8 Å². The van der Waals surface area contributed by atoms with Crippen LogP contribution in [0.5, 0.6) is 0 Å². The van der Waals surface area contributed by atoms with E-state index >= 15 is 0 Å². The van der Waals surface area contributed by atoms with Gasteiger partial charge >= 0.3 is 0 Å². The van der Waals surface area contributed by atoms with Crippen molar-refractivity contribution < 1.29 is 16.8 Å². The molecule has 0 aromatic heterocycles. The molecular formula is C16H26N2O4S2. The van der Waals surface area contributed by atoms with E-state index in [2.05, 4.69) is 4.72 Å². The lowest BCUT2D eigenvalue weighted by atomic mass is 9.85. The average Bonchev–Trinajstić information content (AvgIpc) is 2.48. The summed E-state index contributed by atoms with van der Waals surface area (Å²) in [5.74, 6) is 0.119. The summed E-state index contributed by atoms with van der Waals surface area (Å²) in [5.41, 5.74) is 6.63. The number of rotatable bonds is 5. The van der Waals surface area contributed by atoms with E-state index in [1.54, 1.807) is 6.92 Å². The van der Waals surface area contributed by atoms with Crippen molar-refractivity contribution in [1.29, 1.82) is 0 Å². The molecule has 0 amide bonds. The molecule has 1 aromatic carbocycles. The van der Waals surface area contributed by atoms with E-state index < -0.39 is 19.9 Å². The molecule has 1 aliphatic rings. The molecule has 0 spiro atoms. The van der Waals surface area contributed by atoms with E-state index in [1.165, 1.54) is 19.1 Å². The highest BCUT2D eigenvalue weighted by Gasteiger charge is 2.30. The minimum atomic E-state index is -3.81. The van der Waals surface area contributed by atoms with Crippen LogP contribution in [0.15, 0.2) is 21.9 Å². The van der Waals surface area contributed by atoms with Crippen molar-refractivity contribution in [2.75, 3.05) is 12.8 Å². The molecule has 2 atom stereocenters. The Morgan fingerprint density at radius 2 is 1.67 bits per heavy atom. The Bertz CT molecular complexity index is 817. The molecular weight excluding hydrogens is 348 g/mol. The molecule has 1 fully saturated rings. The summed E-state index contributed by atoms with van der Waals surface area (Å²) >= 11 is 0. The smallest absolute Gasteiger partial charge is 0.241 e. The van der Waals surface area contributed by atoms with Crippen molar-refractivity contribution in [2.24, 2.45) is 11.7 Å². The largest absolute Gasteiger partial charge is 0.330 e. The van der Waals surface area contributed by atoms with Gasteiger partial charge in [0.1, 0.15) is 0 Å². The quantitative estimate of drug-likeness (QED) is 0.812. The van der Waals surface area contributed by atoms with E-state index in [4.69, 9.17) is 5.73 Å². The fourth-order valence-electron chi connectivity index (χ4n) is 3.37. The van der Waals surface area contributed by atoms with Gasteiger partial charge in [0.05, 0.1) is 9.79 Å². The van der Waals surface area contributed by atoms with Gasteiger partial charge in [-0.15, -0.1) is 0 Å². The van der Waals surface area contributed by atoms with Crippen molar-refractivity contribution in [2.45, 2.75) is 55.4 Å². The normalized spacial score (nSPS) is 22.5. The zero-order valence-electron chi connectivity index (χ0n) is 14.4. The van der Waals surface area contributed by atoms with Gasteiger partial charge in [-0.05, 0) is 62.4 Å². The molecule has 24 heavy (non-hydrogen) atoms. The summed E-state index contributed by atoms with van der Waals surface area (Å²) in [6.45, 7) is 3.66. The number of hydrogen-bond donors (Lipinski definition) is 2. The summed E-state index contributed by atoms with van der Waals surface area (Å²) in [5, 5.41) is 0. The van der Waals surface area contributed by atoms with Crippen LogP contribution >= 0.6 is 0 Å². The van der Waals surface area contributed by atoms with Gasteiger partial charge in [-0.3, -0.25) is 0 Å². The number of nitrogens with one attached hydrogen (secondary N) is 1. The van der Waals surface area contributed by atoms with Crippen LogP contribution in [0.1, 0.15) is 36.8 Å². The van der Waals surface area contributed by atoms with Crippen LogP contribution in [0.25, 0.3) is 0 Å². The first-order valence-corrected chi connectivity index (χ1v) is 11.5. The Hall–Kier alpha value is -0.960. The third-order valence-electron chi connectivity index (χ3n) is 4.66. The number of nitrogens with two attached hydrogens (primary N) is 1. The van der Waals surface area contributed by atoms with Gasteiger partial charge in [0.25, 0.3) is 0 Å². The fourth-order valence-corrected chi connectivity index (χ4v) is 6.19. The lowest BCUT2D eigenvalue weighted by Gasteiger charge is -2.31. The van der Waals surface area contributed by atoms with E-state index in [0.29, 0.717) is 12.1 Å². The molecule has 0 unspecified atom stereocenters. The zero-order valence-corrected chi connectivity index (χ0v) is 16.0. The Balaban J connectivity index is 2.44. The maximum absolute atomic E-state index is 12.9. The first kappa shape index (κ1) is 19.4. The van der Waals surface area contributed by atoms with E-state index in [1.807, 2.05) is 0 Å². The predicted octanol–water partition coefficient (Wildman–Crippen LogP) is 1.50. The Morgan fingerprint density at radius 1 is 1.08 bits per heavy atom. The molecule has 0 saturated heterocycles. The molecule has 8 heteroatoms. The van der Waals surface area contributed by atoms with Crippen LogP contribution in [0, 0.1) is 19.8 Å². The van der Waals surface area contributed by atoms with Crippen LogP contribution in [-0.2, 0) is 19.9 Å². The minimum absolute atomic E-state index is 0.0317. The standard InChI is InChI=1S/C16H26N2O4S2/c1-11-8-15(23(3,19)20)12(2)16(9-11)24(21,22)18-14-7-5-4-6-13(14)10-17/h8-9,13-14,18H,4-7,10,17H2,1-3H3/t13-,14+/m0/s1. The number of hydrogen-bond acceptors (Lipinski definition) is 5. The molecule has 0 heterocycles. The highest BCUT2D eigenvalue weighted by Crippen LogP contribution is 2.28. The van der Waals surface area contributed by atoms with Crippen molar-refractivity contribution >= 4 is 19.9 Å². The number of aryl methyl sites for hydroxylation is 1. The van der Waals surface area contributed by atoms with Crippen molar-refractivity contribution in [3.05, 3.63) is 23.3 Å². The highest BCUT2D eigenvalue weighted by atomic mass is 32.2. The molecule has 0 bridgehead atoms. The predicted molar refractivity (Wildman–Crippen MR) is 94.1 cm³/mol. The highest BCUT2D eigenvalue weighted by molar-refractivity contribution is 7.91. The van der Waals surface area contributed by atoms with Gasteiger partial charge in [0.15, 0.2) is 9.84 Å². The van der Waals surface area contributed by atoms with Crippen LogP contribution < -0.4 is 10.5 Å². The molecule has 136 valence electrons. The fraction of sp³-hybridized carbons (Fsp3) is 0.625. The summed E-state index contributed by atoms with van der Waals surface area (Å²) in [6, 6.07) is 2.83. The van der Waals surface area contributed by atoms with Gasteiger partial charge in [-0.1, -0.05) is 12.8 Å².